The fourth-order valence-corrected chi connectivity index (χ4v) is 6.17. The Labute approximate surface area is 284 Å². The van der Waals surface area contributed by atoms with Crippen LogP contribution in [0.2, 0.25) is 0 Å². The first kappa shape index (κ1) is 34.6. The van der Waals surface area contributed by atoms with Crippen molar-refractivity contribution < 1.29 is 9.53 Å². The van der Waals surface area contributed by atoms with Crippen molar-refractivity contribution in [1.29, 1.82) is 16.2 Å². The van der Waals surface area contributed by atoms with Crippen LogP contribution in [-0.4, -0.2) is 47.2 Å². The van der Waals surface area contributed by atoms with Crippen LogP contribution < -0.4 is 26.2 Å². The van der Waals surface area contributed by atoms with Gasteiger partial charge in [0.05, 0.1) is 12.2 Å². The Kier molecular flexibility index (Phi) is 10.8. The average molecular weight is 651 g/mol. The number of carbonyl (C=O) groups is 1. The zero-order chi connectivity index (χ0) is 34.4. The van der Waals surface area contributed by atoms with Crippen molar-refractivity contribution in [3.63, 3.8) is 0 Å². The lowest BCUT2D eigenvalue weighted by atomic mass is 9.85. The number of benzene rings is 2. The van der Waals surface area contributed by atoms with Gasteiger partial charge in [0, 0.05) is 29.3 Å². The van der Waals surface area contributed by atoms with E-state index in [-0.39, 0.29) is 29.1 Å². The minimum absolute atomic E-state index is 0.230. The maximum atomic E-state index is 13.4. The van der Waals surface area contributed by atoms with Crippen LogP contribution >= 0.6 is 0 Å². The van der Waals surface area contributed by atoms with E-state index in [0.717, 1.165) is 48.3 Å². The number of aromatic nitrogens is 1. The summed E-state index contributed by atoms with van der Waals surface area (Å²) in [5, 5.41) is 35.2. The van der Waals surface area contributed by atoms with E-state index in [9.17, 15) is 4.79 Å². The molecule has 10 nitrogen and oxygen atoms in total. The van der Waals surface area contributed by atoms with E-state index in [2.05, 4.69) is 27.9 Å². The molecule has 254 valence electrons. The van der Waals surface area contributed by atoms with Crippen molar-refractivity contribution in [2.75, 3.05) is 25.5 Å². The van der Waals surface area contributed by atoms with E-state index in [4.69, 9.17) is 21.0 Å². The predicted molar refractivity (Wildman–Crippen MR) is 192 cm³/mol. The lowest BCUT2D eigenvalue weighted by Gasteiger charge is -2.32. The number of ether oxygens (including phenoxy) is 1. The molecular formula is C38H50N8O2. The summed E-state index contributed by atoms with van der Waals surface area (Å²) in [6, 6.07) is 18.8. The Balaban J connectivity index is 1.27. The van der Waals surface area contributed by atoms with Gasteiger partial charge in [-0.05, 0) is 94.1 Å². The van der Waals surface area contributed by atoms with Crippen molar-refractivity contribution in [2.45, 2.75) is 71.9 Å². The van der Waals surface area contributed by atoms with Gasteiger partial charge in [0.2, 0.25) is 0 Å². The number of nitrogens with one attached hydrogen (secondary N) is 6. The van der Waals surface area contributed by atoms with Gasteiger partial charge in [-0.2, -0.15) is 0 Å². The third-order valence-electron chi connectivity index (χ3n) is 9.23. The number of likely N-dealkylation sites (tertiary alicyclic amines) is 1. The molecule has 2 atom stereocenters. The van der Waals surface area contributed by atoms with E-state index in [1.165, 1.54) is 0 Å². The summed E-state index contributed by atoms with van der Waals surface area (Å²) >= 11 is 0. The summed E-state index contributed by atoms with van der Waals surface area (Å²) < 4.78 is 8.15. The highest BCUT2D eigenvalue weighted by molar-refractivity contribution is 5.97. The van der Waals surface area contributed by atoms with Gasteiger partial charge in [-0.25, -0.2) is 4.79 Å². The molecule has 1 fully saturated rings. The van der Waals surface area contributed by atoms with Crippen LogP contribution in [0.4, 0.5) is 10.5 Å². The number of rotatable bonds is 9. The second kappa shape index (κ2) is 15.0. The molecule has 0 spiro atoms. The van der Waals surface area contributed by atoms with Crippen LogP contribution in [0.25, 0.3) is 0 Å². The van der Waals surface area contributed by atoms with Crippen LogP contribution in [0.15, 0.2) is 78.8 Å². The first-order valence-electron chi connectivity index (χ1n) is 16.9. The van der Waals surface area contributed by atoms with Gasteiger partial charge >= 0.3 is 6.03 Å². The van der Waals surface area contributed by atoms with Gasteiger partial charge < -0.3 is 25.7 Å². The highest BCUT2D eigenvalue weighted by atomic mass is 16.5. The molecule has 10 heteroatoms. The first-order chi connectivity index (χ1) is 22.9. The van der Waals surface area contributed by atoms with Crippen LogP contribution in [-0.2, 0) is 0 Å². The molecule has 2 heterocycles. The average Bonchev–Trinajstić information content (AvgIpc) is 3.04. The summed E-state index contributed by atoms with van der Waals surface area (Å²) in [5.74, 6) is 1.91. The van der Waals surface area contributed by atoms with Crippen molar-refractivity contribution >= 4 is 23.3 Å². The molecule has 3 aromatic rings. The number of fused-ring (bicyclic) bond motifs is 1. The topological polar surface area (TPSA) is 142 Å². The fraction of sp³-hybridized carbons (Fsp3) is 0.421. The van der Waals surface area contributed by atoms with Gasteiger partial charge in [0.15, 0.2) is 0 Å². The Hall–Kier alpha value is -4.70. The summed E-state index contributed by atoms with van der Waals surface area (Å²) in [6.07, 6.45) is 7.32. The van der Waals surface area contributed by atoms with Crippen LogP contribution in [0.5, 0.6) is 5.75 Å². The standard InChI is InChI=1S/C38H50N8O2/c1-25-10-12-27(13-11-25)42-36(23-33(39)38(2,3)4)44-37(47)43-31-15-16-32(30-9-7-6-8-29(30)31)48-28-14-17-34(40)46(24-28)35(41)22-26-18-20-45(5)21-19-26/h6-14,17,23-24,26,31-32,39-42H,15-16,18-22H2,1-5H3,(H2,43,44,47)/b36-23+,39-33?,40-34?,41-35?/t31-,32+/m0/s1. The number of hydrogen-bond donors (Lipinski definition) is 6. The van der Waals surface area contributed by atoms with Gasteiger partial charge in [0.1, 0.15) is 29.0 Å². The Morgan fingerprint density at radius 2 is 1.65 bits per heavy atom. The molecule has 1 aliphatic heterocycles. The van der Waals surface area contributed by atoms with Crippen LogP contribution in [0, 0.1) is 34.5 Å². The second-order valence-corrected chi connectivity index (χ2v) is 14.2. The molecule has 6 N–H and O–H groups in total. The maximum absolute atomic E-state index is 13.4. The number of carbonyl (C=O) groups excluding carboxylic acids is 1. The highest BCUT2D eigenvalue weighted by Crippen LogP contribution is 2.38. The summed E-state index contributed by atoms with van der Waals surface area (Å²) in [6.45, 7) is 10.0. The molecule has 0 bridgehead atoms. The van der Waals surface area contributed by atoms with Gasteiger partial charge in [-0.1, -0.05) is 62.7 Å². The minimum atomic E-state index is -0.386. The maximum Gasteiger partial charge on any atom is 0.320 e. The molecule has 2 amide bonds. The SMILES string of the molecule is Cc1ccc(N/C(=C\C(=N)C(C)(C)C)NC(=O)N[C@H]2CC[C@@H](Oc3ccc(=N)n(C(=N)CC4CCN(C)CC4)c3)c3ccccc32)cc1. The van der Waals surface area contributed by atoms with Crippen LogP contribution in [0.1, 0.15) is 81.7 Å². The monoisotopic (exact) mass is 650 g/mol. The Morgan fingerprint density at radius 3 is 2.33 bits per heavy atom. The van der Waals surface area contributed by atoms with Gasteiger partial charge in [-0.15, -0.1) is 0 Å². The summed E-state index contributed by atoms with van der Waals surface area (Å²) in [7, 11) is 2.14. The van der Waals surface area contributed by atoms with Crippen molar-refractivity contribution in [1.82, 2.24) is 20.1 Å². The van der Waals surface area contributed by atoms with E-state index >= 15 is 0 Å². The third kappa shape index (κ3) is 9.01. The summed E-state index contributed by atoms with van der Waals surface area (Å²) in [4.78, 5) is 15.7. The number of piperidine rings is 1. The van der Waals surface area contributed by atoms with Crippen molar-refractivity contribution in [3.8, 4) is 5.75 Å². The zero-order valence-corrected chi connectivity index (χ0v) is 28.8. The minimum Gasteiger partial charge on any atom is -0.484 e. The van der Waals surface area contributed by atoms with Crippen molar-refractivity contribution in [2.24, 2.45) is 11.3 Å². The quantitative estimate of drug-likeness (QED) is 0.108. The number of allylic oxidation sites excluding steroid dienone is 1. The largest absolute Gasteiger partial charge is 0.484 e. The molecular weight excluding hydrogens is 600 g/mol. The first-order valence-corrected chi connectivity index (χ1v) is 16.9. The fourth-order valence-electron chi connectivity index (χ4n) is 6.17. The molecule has 1 aliphatic carbocycles. The molecule has 0 saturated carbocycles. The van der Waals surface area contributed by atoms with E-state index in [0.29, 0.717) is 48.3 Å². The Morgan fingerprint density at radius 1 is 0.958 bits per heavy atom. The van der Waals surface area contributed by atoms with Crippen LogP contribution in [0.3, 0.4) is 0 Å². The van der Waals surface area contributed by atoms with E-state index in [1.54, 1.807) is 29.0 Å². The smallest absolute Gasteiger partial charge is 0.320 e. The normalized spacial score (nSPS) is 18.8. The van der Waals surface area contributed by atoms with Crippen molar-refractivity contribution in [3.05, 3.63) is 101 Å². The van der Waals surface area contributed by atoms with Gasteiger partial charge in [-0.3, -0.25) is 20.7 Å². The highest BCUT2D eigenvalue weighted by Gasteiger charge is 2.30. The molecule has 0 radical (unpaired) electrons. The number of urea groups is 1. The molecule has 5 rings (SSSR count). The number of nitrogens with zero attached hydrogens (tertiary/aromatic N) is 2. The molecule has 2 aromatic carbocycles. The molecule has 2 aliphatic rings. The molecule has 1 aromatic heterocycles. The number of amides is 2. The lowest BCUT2D eigenvalue weighted by Crippen LogP contribution is -2.41. The molecule has 48 heavy (non-hydrogen) atoms. The molecule has 0 unspecified atom stereocenters. The third-order valence-corrected chi connectivity index (χ3v) is 9.23. The number of hydrogen-bond acceptors (Lipinski definition) is 7. The summed E-state index contributed by atoms with van der Waals surface area (Å²) in [5.41, 5.74) is 4.20. The second-order valence-electron chi connectivity index (χ2n) is 14.2. The lowest BCUT2D eigenvalue weighted by molar-refractivity contribution is 0.170. The van der Waals surface area contributed by atoms with Gasteiger partial charge in [0.25, 0.3) is 0 Å². The van der Waals surface area contributed by atoms with E-state index in [1.807, 2.05) is 76.2 Å². The predicted octanol–water partition coefficient (Wildman–Crippen LogP) is 7.11. The number of pyridine rings is 1. The zero-order valence-electron chi connectivity index (χ0n) is 28.8. The number of anilines is 1. The van der Waals surface area contributed by atoms with E-state index < -0.39 is 0 Å². The Bertz CT molecular complexity index is 1710. The molecule has 1 saturated heterocycles. The number of aryl methyl sites for hydroxylation is 1.